The summed E-state index contributed by atoms with van der Waals surface area (Å²) in [4.78, 5) is 14.4. The molecule has 0 N–H and O–H groups in total. The van der Waals surface area contributed by atoms with E-state index in [4.69, 9.17) is 4.74 Å². The summed E-state index contributed by atoms with van der Waals surface area (Å²) in [5.74, 6) is 0.147. The Labute approximate surface area is 131 Å². The Balaban J connectivity index is 1.95. The topological polar surface area (TPSA) is 34.5 Å². The van der Waals surface area contributed by atoms with Crippen LogP contribution in [-0.4, -0.2) is 35.0 Å². The summed E-state index contributed by atoms with van der Waals surface area (Å²) in [6.07, 6.45) is 0. The second-order valence-electron chi connectivity index (χ2n) is 6.12. The first-order chi connectivity index (χ1) is 10.5. The van der Waals surface area contributed by atoms with E-state index in [1.54, 1.807) is 6.92 Å². The maximum absolute atomic E-state index is 12.0. The summed E-state index contributed by atoms with van der Waals surface area (Å²) < 4.78 is 7.59. The highest BCUT2D eigenvalue weighted by Crippen LogP contribution is 2.32. The molecule has 3 rings (SSSR count). The van der Waals surface area contributed by atoms with Crippen LogP contribution in [0.15, 0.2) is 12.1 Å². The van der Waals surface area contributed by atoms with E-state index >= 15 is 0 Å². The number of aromatic nitrogens is 1. The molecular weight excluding hydrogens is 276 g/mol. The van der Waals surface area contributed by atoms with Crippen molar-refractivity contribution in [3.8, 4) is 0 Å². The van der Waals surface area contributed by atoms with Crippen molar-refractivity contribution >= 4 is 16.7 Å². The van der Waals surface area contributed by atoms with Gasteiger partial charge in [0, 0.05) is 55.4 Å². The number of carbonyl (C=O) groups is 1. The van der Waals surface area contributed by atoms with Crippen LogP contribution in [0.3, 0.4) is 0 Å². The Morgan fingerprint density at radius 2 is 1.95 bits per heavy atom. The van der Waals surface area contributed by atoms with Crippen LogP contribution in [0.25, 0.3) is 10.9 Å². The van der Waals surface area contributed by atoms with Gasteiger partial charge in [-0.2, -0.15) is 0 Å². The minimum Gasteiger partial charge on any atom is -0.380 e. The summed E-state index contributed by atoms with van der Waals surface area (Å²) in [6, 6.07) is 4.47. The number of Topliss-reactive ketones (excluding diaryl/α,β-unsaturated/α-hetero) is 1. The number of benzene rings is 1. The maximum atomic E-state index is 12.0. The van der Waals surface area contributed by atoms with Crippen molar-refractivity contribution in [1.82, 2.24) is 9.47 Å². The number of rotatable bonds is 5. The van der Waals surface area contributed by atoms with Crippen molar-refractivity contribution in [1.29, 1.82) is 0 Å². The zero-order chi connectivity index (χ0) is 15.9. The Morgan fingerprint density at radius 1 is 1.27 bits per heavy atom. The van der Waals surface area contributed by atoms with Crippen LogP contribution in [0.4, 0.5) is 0 Å². The van der Waals surface area contributed by atoms with Crippen LogP contribution < -0.4 is 0 Å². The largest absolute Gasteiger partial charge is 0.380 e. The second-order valence-corrected chi connectivity index (χ2v) is 6.12. The molecule has 22 heavy (non-hydrogen) atoms. The molecule has 0 saturated carbocycles. The number of carbonyl (C=O) groups excluding carboxylic acids is 1. The standard InChI is InChI=1S/C18H24N2O2/c1-5-22-7-6-20-10-14-8-16-17(9-15(14)11-20)19(4)12(2)18(16)13(3)21/h8-9H,5-7,10-11H2,1-4H3. The minimum atomic E-state index is 0.147. The molecule has 0 atom stereocenters. The molecular formula is C18H24N2O2. The molecule has 1 aliphatic rings. The number of hydrogen-bond acceptors (Lipinski definition) is 3. The molecule has 4 heteroatoms. The van der Waals surface area contributed by atoms with E-state index in [9.17, 15) is 4.79 Å². The average Bonchev–Trinajstić information content (AvgIpc) is 2.97. The lowest BCUT2D eigenvalue weighted by Crippen LogP contribution is -2.21. The highest BCUT2D eigenvalue weighted by molar-refractivity contribution is 6.08. The normalized spacial score (nSPS) is 14.7. The summed E-state index contributed by atoms with van der Waals surface area (Å²) in [6.45, 7) is 10.1. The van der Waals surface area contributed by atoms with E-state index in [-0.39, 0.29) is 5.78 Å². The van der Waals surface area contributed by atoms with Gasteiger partial charge in [-0.15, -0.1) is 0 Å². The maximum Gasteiger partial charge on any atom is 0.162 e. The van der Waals surface area contributed by atoms with Crippen LogP contribution in [0.5, 0.6) is 0 Å². The molecule has 0 saturated heterocycles. The van der Waals surface area contributed by atoms with Gasteiger partial charge in [0.25, 0.3) is 0 Å². The third kappa shape index (κ3) is 2.46. The third-order valence-electron chi connectivity index (χ3n) is 4.71. The fraction of sp³-hybridized carbons (Fsp3) is 0.500. The molecule has 0 unspecified atom stereocenters. The molecule has 118 valence electrons. The highest BCUT2D eigenvalue weighted by Gasteiger charge is 2.23. The van der Waals surface area contributed by atoms with Crippen LogP contribution in [0, 0.1) is 6.92 Å². The Bertz CT molecular complexity index is 730. The lowest BCUT2D eigenvalue weighted by atomic mass is 10.0. The predicted octanol–water partition coefficient (Wildman–Crippen LogP) is 3.04. The van der Waals surface area contributed by atoms with Gasteiger partial charge in [-0.3, -0.25) is 9.69 Å². The molecule has 0 fully saturated rings. The molecule has 2 heterocycles. The van der Waals surface area contributed by atoms with Gasteiger partial charge in [-0.1, -0.05) is 0 Å². The number of ketones is 1. The van der Waals surface area contributed by atoms with Gasteiger partial charge in [-0.25, -0.2) is 0 Å². The van der Waals surface area contributed by atoms with Crippen molar-refractivity contribution < 1.29 is 9.53 Å². The number of ether oxygens (including phenoxy) is 1. The lowest BCUT2D eigenvalue weighted by molar-refractivity contribution is 0.101. The highest BCUT2D eigenvalue weighted by atomic mass is 16.5. The molecule has 0 amide bonds. The van der Waals surface area contributed by atoms with Gasteiger partial charge in [0.2, 0.25) is 0 Å². The summed E-state index contributed by atoms with van der Waals surface area (Å²) in [7, 11) is 2.04. The van der Waals surface area contributed by atoms with E-state index in [0.29, 0.717) is 0 Å². The van der Waals surface area contributed by atoms with Gasteiger partial charge in [0.05, 0.1) is 6.61 Å². The first kappa shape index (κ1) is 15.3. The summed E-state index contributed by atoms with van der Waals surface area (Å²) in [5.41, 5.74) is 5.80. The molecule has 0 aliphatic carbocycles. The smallest absolute Gasteiger partial charge is 0.162 e. The van der Waals surface area contributed by atoms with Crippen LogP contribution >= 0.6 is 0 Å². The Kier molecular flexibility index (Phi) is 4.06. The molecule has 1 aromatic carbocycles. The molecule has 0 bridgehead atoms. The van der Waals surface area contributed by atoms with Crippen LogP contribution in [0.1, 0.15) is 41.0 Å². The van der Waals surface area contributed by atoms with Crippen LogP contribution in [0.2, 0.25) is 0 Å². The average molecular weight is 300 g/mol. The second kappa shape index (κ2) is 5.86. The van der Waals surface area contributed by atoms with Gasteiger partial charge in [0.1, 0.15) is 0 Å². The van der Waals surface area contributed by atoms with Crippen molar-refractivity contribution in [2.75, 3.05) is 19.8 Å². The van der Waals surface area contributed by atoms with E-state index < -0.39 is 0 Å². The third-order valence-corrected chi connectivity index (χ3v) is 4.71. The number of fused-ring (bicyclic) bond motifs is 2. The van der Waals surface area contributed by atoms with E-state index in [0.717, 1.165) is 55.0 Å². The molecule has 1 aliphatic heterocycles. The Hall–Kier alpha value is -1.65. The minimum absolute atomic E-state index is 0.147. The Morgan fingerprint density at radius 3 is 2.59 bits per heavy atom. The van der Waals surface area contributed by atoms with Crippen molar-refractivity contribution in [2.24, 2.45) is 7.05 Å². The SMILES string of the molecule is CCOCCN1Cc2cc3c(C(C)=O)c(C)n(C)c3cc2C1. The van der Waals surface area contributed by atoms with Gasteiger partial charge < -0.3 is 9.30 Å². The molecule has 2 aromatic rings. The van der Waals surface area contributed by atoms with E-state index in [2.05, 4.69) is 21.6 Å². The van der Waals surface area contributed by atoms with Gasteiger partial charge in [-0.05, 0) is 44.0 Å². The number of hydrogen-bond donors (Lipinski definition) is 0. The van der Waals surface area contributed by atoms with Crippen molar-refractivity contribution in [3.05, 3.63) is 34.5 Å². The molecule has 4 nitrogen and oxygen atoms in total. The monoisotopic (exact) mass is 300 g/mol. The van der Waals surface area contributed by atoms with Crippen molar-refractivity contribution in [3.63, 3.8) is 0 Å². The molecule has 1 aromatic heterocycles. The molecule has 0 spiro atoms. The van der Waals surface area contributed by atoms with Crippen LogP contribution in [-0.2, 0) is 24.9 Å². The zero-order valence-corrected chi connectivity index (χ0v) is 13.9. The van der Waals surface area contributed by atoms with Gasteiger partial charge in [0.15, 0.2) is 5.78 Å². The summed E-state index contributed by atoms with van der Waals surface area (Å²) in [5, 5.41) is 1.10. The van der Waals surface area contributed by atoms with Crippen molar-refractivity contribution in [2.45, 2.75) is 33.9 Å². The zero-order valence-electron chi connectivity index (χ0n) is 13.9. The number of nitrogens with zero attached hydrogens (tertiary/aromatic N) is 2. The first-order valence-electron chi connectivity index (χ1n) is 7.94. The quantitative estimate of drug-likeness (QED) is 0.629. The van der Waals surface area contributed by atoms with E-state index in [1.165, 1.54) is 11.1 Å². The summed E-state index contributed by atoms with van der Waals surface area (Å²) >= 11 is 0. The number of aryl methyl sites for hydroxylation is 1. The fourth-order valence-electron chi connectivity index (χ4n) is 3.47. The van der Waals surface area contributed by atoms with Gasteiger partial charge >= 0.3 is 0 Å². The fourth-order valence-corrected chi connectivity index (χ4v) is 3.47. The lowest BCUT2D eigenvalue weighted by Gasteiger charge is -2.13. The van der Waals surface area contributed by atoms with E-state index in [1.807, 2.05) is 20.9 Å². The predicted molar refractivity (Wildman–Crippen MR) is 88.3 cm³/mol. The molecule has 0 radical (unpaired) electrons. The first-order valence-corrected chi connectivity index (χ1v) is 7.94.